The summed E-state index contributed by atoms with van der Waals surface area (Å²) in [5.41, 5.74) is 1.30. The first-order chi connectivity index (χ1) is 9.22. The lowest BCUT2D eigenvalue weighted by Crippen LogP contribution is -2.14. The molecule has 102 valence electrons. The van der Waals surface area contributed by atoms with Crippen LogP contribution in [0.5, 0.6) is 0 Å². The lowest BCUT2D eigenvalue weighted by molar-refractivity contribution is 0.524. The van der Waals surface area contributed by atoms with Crippen LogP contribution < -0.4 is 0 Å². The topological polar surface area (TPSA) is 30.7 Å². The molecular weight excluding hydrogens is 326 g/mol. The maximum Gasteiger partial charge on any atom is 0.138 e. The predicted molar refractivity (Wildman–Crippen MR) is 81.5 cm³/mol. The van der Waals surface area contributed by atoms with Gasteiger partial charge >= 0.3 is 0 Å². The zero-order valence-electron chi connectivity index (χ0n) is 10.9. The molecule has 0 spiro atoms. The number of rotatable bonds is 6. The van der Waals surface area contributed by atoms with Crippen LogP contribution in [0.1, 0.15) is 18.3 Å². The van der Waals surface area contributed by atoms with E-state index in [1.54, 1.807) is 6.33 Å². The van der Waals surface area contributed by atoms with E-state index in [9.17, 15) is 0 Å². The van der Waals surface area contributed by atoms with Gasteiger partial charge in [-0.1, -0.05) is 28.1 Å². The van der Waals surface area contributed by atoms with Gasteiger partial charge in [-0.15, -0.1) is 11.6 Å². The van der Waals surface area contributed by atoms with E-state index in [-0.39, 0.29) is 0 Å². The first-order valence-corrected chi connectivity index (χ1v) is 7.72. The summed E-state index contributed by atoms with van der Waals surface area (Å²) in [5.74, 6) is 2.04. The lowest BCUT2D eigenvalue weighted by atomic mass is 9.97. The molecule has 1 unspecified atom stereocenters. The highest BCUT2D eigenvalue weighted by atomic mass is 79.9. The van der Waals surface area contributed by atoms with Crippen molar-refractivity contribution in [2.24, 2.45) is 5.92 Å². The summed E-state index contributed by atoms with van der Waals surface area (Å²) in [7, 11) is 0. The summed E-state index contributed by atoms with van der Waals surface area (Å²) in [6, 6.07) is 8.40. The van der Waals surface area contributed by atoms with Crippen LogP contribution in [0.25, 0.3) is 0 Å². The Kier molecular flexibility index (Phi) is 5.40. The summed E-state index contributed by atoms with van der Waals surface area (Å²) in [5, 5.41) is 4.20. The maximum absolute atomic E-state index is 6.09. The van der Waals surface area contributed by atoms with E-state index in [1.807, 2.05) is 4.68 Å². The third-order valence-corrected chi connectivity index (χ3v) is 4.09. The highest BCUT2D eigenvalue weighted by Gasteiger charge is 2.13. The fourth-order valence-electron chi connectivity index (χ4n) is 2.10. The number of aryl methyl sites for hydroxylation is 1. The summed E-state index contributed by atoms with van der Waals surface area (Å²) >= 11 is 9.54. The Labute approximate surface area is 127 Å². The number of hydrogen-bond acceptors (Lipinski definition) is 2. The van der Waals surface area contributed by atoms with Crippen molar-refractivity contribution >= 4 is 27.5 Å². The van der Waals surface area contributed by atoms with E-state index < -0.39 is 0 Å². The van der Waals surface area contributed by atoms with Crippen molar-refractivity contribution in [3.8, 4) is 0 Å². The summed E-state index contributed by atoms with van der Waals surface area (Å²) in [6.07, 6.45) is 3.45. The standard InChI is InChI=1S/C14H17BrClN3/c1-2-19-14(17-10-18-19)8-12(9-16)7-11-3-5-13(15)6-4-11/h3-6,10,12H,2,7-9H2,1H3. The molecule has 1 aromatic heterocycles. The number of hydrogen-bond donors (Lipinski definition) is 0. The lowest BCUT2D eigenvalue weighted by Gasteiger charge is -2.14. The molecule has 3 nitrogen and oxygen atoms in total. The molecule has 0 N–H and O–H groups in total. The maximum atomic E-state index is 6.09. The fourth-order valence-corrected chi connectivity index (χ4v) is 2.59. The van der Waals surface area contributed by atoms with Crippen LogP contribution in [0.15, 0.2) is 35.1 Å². The van der Waals surface area contributed by atoms with Crippen molar-refractivity contribution < 1.29 is 0 Å². The van der Waals surface area contributed by atoms with Gasteiger partial charge in [0, 0.05) is 23.3 Å². The fraction of sp³-hybridized carbons (Fsp3) is 0.429. The molecule has 5 heteroatoms. The van der Waals surface area contributed by atoms with Crippen LogP contribution in [0.2, 0.25) is 0 Å². The largest absolute Gasteiger partial charge is 0.250 e. The SMILES string of the molecule is CCn1ncnc1CC(CCl)Cc1ccc(Br)cc1. The molecule has 0 fully saturated rings. The first kappa shape index (κ1) is 14.5. The Morgan fingerprint density at radius 3 is 2.63 bits per heavy atom. The molecule has 1 aromatic carbocycles. The molecule has 2 aromatic rings. The minimum atomic E-state index is 0.386. The van der Waals surface area contributed by atoms with Crippen molar-refractivity contribution in [2.75, 3.05) is 5.88 Å². The zero-order chi connectivity index (χ0) is 13.7. The van der Waals surface area contributed by atoms with E-state index in [0.29, 0.717) is 11.8 Å². The van der Waals surface area contributed by atoms with Crippen molar-refractivity contribution in [3.05, 3.63) is 46.5 Å². The van der Waals surface area contributed by atoms with Gasteiger partial charge in [0.1, 0.15) is 12.2 Å². The second-order valence-electron chi connectivity index (χ2n) is 4.55. The van der Waals surface area contributed by atoms with Crippen LogP contribution in [-0.4, -0.2) is 20.6 Å². The van der Waals surface area contributed by atoms with E-state index in [1.165, 1.54) is 5.56 Å². The summed E-state index contributed by atoms with van der Waals surface area (Å²) in [4.78, 5) is 4.32. The molecule has 0 aliphatic rings. The molecule has 0 bridgehead atoms. The number of aromatic nitrogens is 3. The molecule has 1 heterocycles. The Morgan fingerprint density at radius 2 is 2.00 bits per heavy atom. The molecule has 2 rings (SSSR count). The van der Waals surface area contributed by atoms with Crippen LogP contribution >= 0.6 is 27.5 Å². The number of nitrogens with zero attached hydrogens (tertiary/aromatic N) is 3. The second-order valence-corrected chi connectivity index (χ2v) is 5.77. The number of halogens is 2. The van der Waals surface area contributed by atoms with Gasteiger partial charge in [0.25, 0.3) is 0 Å². The van der Waals surface area contributed by atoms with Crippen molar-refractivity contribution in [1.29, 1.82) is 0 Å². The Bertz CT molecular complexity index is 510. The minimum Gasteiger partial charge on any atom is -0.250 e. The Balaban J connectivity index is 2.02. The first-order valence-electron chi connectivity index (χ1n) is 6.40. The quantitative estimate of drug-likeness (QED) is 0.749. The third kappa shape index (κ3) is 4.05. The normalized spacial score (nSPS) is 12.6. The average molecular weight is 343 g/mol. The molecule has 0 radical (unpaired) electrons. The van der Waals surface area contributed by atoms with E-state index >= 15 is 0 Å². The van der Waals surface area contributed by atoms with Crippen molar-refractivity contribution in [3.63, 3.8) is 0 Å². The highest BCUT2D eigenvalue weighted by molar-refractivity contribution is 9.10. The zero-order valence-corrected chi connectivity index (χ0v) is 13.2. The molecule has 0 amide bonds. The van der Waals surface area contributed by atoms with Crippen molar-refractivity contribution in [1.82, 2.24) is 14.8 Å². The van der Waals surface area contributed by atoms with Gasteiger partial charge in [-0.3, -0.25) is 4.68 Å². The number of alkyl halides is 1. The summed E-state index contributed by atoms with van der Waals surface area (Å²) in [6.45, 7) is 2.92. The van der Waals surface area contributed by atoms with Gasteiger partial charge in [0.05, 0.1) is 0 Å². The molecule has 0 saturated carbocycles. The smallest absolute Gasteiger partial charge is 0.138 e. The molecule has 0 aliphatic carbocycles. The van der Waals surface area contributed by atoms with Crippen molar-refractivity contribution in [2.45, 2.75) is 26.3 Å². The molecule has 0 aliphatic heterocycles. The van der Waals surface area contributed by atoms with Crippen LogP contribution in [0.4, 0.5) is 0 Å². The van der Waals surface area contributed by atoms with Gasteiger partial charge in [-0.2, -0.15) is 5.10 Å². The van der Waals surface area contributed by atoms with Gasteiger partial charge in [0.15, 0.2) is 0 Å². The van der Waals surface area contributed by atoms with Gasteiger partial charge in [-0.05, 0) is 37.0 Å². The van der Waals surface area contributed by atoms with Gasteiger partial charge in [-0.25, -0.2) is 4.98 Å². The third-order valence-electron chi connectivity index (χ3n) is 3.12. The highest BCUT2D eigenvalue weighted by Crippen LogP contribution is 2.17. The Morgan fingerprint density at radius 1 is 1.26 bits per heavy atom. The minimum absolute atomic E-state index is 0.386. The van der Waals surface area contributed by atoms with Crippen LogP contribution in [0.3, 0.4) is 0 Å². The molecule has 1 atom stereocenters. The molecular formula is C14H17BrClN3. The van der Waals surface area contributed by atoms with E-state index in [0.717, 1.165) is 29.7 Å². The Hall–Kier alpha value is -0.870. The summed E-state index contributed by atoms with van der Waals surface area (Å²) < 4.78 is 3.03. The van der Waals surface area contributed by atoms with Crippen LogP contribution in [-0.2, 0) is 19.4 Å². The van der Waals surface area contributed by atoms with E-state index in [4.69, 9.17) is 11.6 Å². The van der Waals surface area contributed by atoms with Gasteiger partial charge < -0.3 is 0 Å². The van der Waals surface area contributed by atoms with E-state index in [2.05, 4.69) is 57.2 Å². The van der Waals surface area contributed by atoms with Gasteiger partial charge in [0.2, 0.25) is 0 Å². The average Bonchev–Trinajstić information content (AvgIpc) is 2.87. The monoisotopic (exact) mass is 341 g/mol. The predicted octanol–water partition coefficient (Wildman–Crippen LogP) is 3.70. The molecule has 0 saturated heterocycles. The molecule has 19 heavy (non-hydrogen) atoms. The number of benzene rings is 1. The second kappa shape index (κ2) is 7.06. The van der Waals surface area contributed by atoms with Crippen LogP contribution in [0, 0.1) is 5.92 Å².